The first-order chi connectivity index (χ1) is 10.2. The van der Waals surface area contributed by atoms with Crippen LogP contribution in [0.25, 0.3) is 0 Å². The molecule has 7 nitrogen and oxygen atoms in total. The number of pyridine rings is 1. The topological polar surface area (TPSA) is 110 Å². The fraction of sp³-hybridized carbons (Fsp3) is 0.143. The second-order valence-corrected chi connectivity index (χ2v) is 4.11. The first-order valence-corrected chi connectivity index (χ1v) is 6.07. The Hall–Kier alpha value is -2.80. The second kappa shape index (κ2) is 6.58. The van der Waals surface area contributed by atoms with Crippen molar-refractivity contribution in [2.24, 2.45) is 10.9 Å². The summed E-state index contributed by atoms with van der Waals surface area (Å²) in [4.78, 5) is 4.01. The maximum Gasteiger partial charge on any atom is 0.188 e. The quantitative estimate of drug-likeness (QED) is 0.333. The van der Waals surface area contributed by atoms with Crippen molar-refractivity contribution < 1.29 is 19.8 Å². The smallest absolute Gasteiger partial charge is 0.188 e. The number of benzene rings is 1. The first-order valence-electron chi connectivity index (χ1n) is 6.07. The van der Waals surface area contributed by atoms with Crippen LogP contribution in [0.5, 0.6) is 17.2 Å². The molecule has 0 saturated carbocycles. The summed E-state index contributed by atoms with van der Waals surface area (Å²) in [6.45, 7) is -0.0767. The minimum absolute atomic E-state index is 0.0767. The summed E-state index contributed by atoms with van der Waals surface area (Å²) in [7, 11) is 1.52. The molecule has 0 aliphatic carbocycles. The average Bonchev–Trinajstić information content (AvgIpc) is 2.55. The Bertz CT molecular complexity index is 641. The number of oxime groups is 1. The summed E-state index contributed by atoms with van der Waals surface area (Å²) in [6.07, 6.45) is 1.45. The van der Waals surface area contributed by atoms with Crippen molar-refractivity contribution >= 4 is 5.84 Å². The molecule has 0 fully saturated rings. The average molecular weight is 289 g/mol. The van der Waals surface area contributed by atoms with Crippen LogP contribution in [-0.2, 0) is 6.61 Å². The second-order valence-electron chi connectivity index (χ2n) is 4.11. The van der Waals surface area contributed by atoms with Gasteiger partial charge in [-0.1, -0.05) is 11.2 Å². The van der Waals surface area contributed by atoms with Crippen LogP contribution in [0, 0.1) is 0 Å². The zero-order chi connectivity index (χ0) is 15.2. The molecule has 0 unspecified atom stereocenters. The molecule has 21 heavy (non-hydrogen) atoms. The number of aliphatic hydroxyl groups is 1. The molecule has 1 aromatic carbocycles. The highest BCUT2D eigenvalue weighted by molar-refractivity contribution is 5.95. The molecule has 1 aromatic heterocycles. The molecule has 2 rings (SSSR count). The van der Waals surface area contributed by atoms with Gasteiger partial charge in [-0.05, 0) is 29.8 Å². The van der Waals surface area contributed by atoms with Crippen LogP contribution in [-0.4, -0.2) is 28.2 Å². The van der Waals surface area contributed by atoms with Crippen LogP contribution in [0.15, 0.2) is 41.7 Å². The summed E-state index contributed by atoms with van der Waals surface area (Å²) in [5, 5.41) is 20.5. The van der Waals surface area contributed by atoms with E-state index in [2.05, 4.69) is 10.1 Å². The van der Waals surface area contributed by atoms with Gasteiger partial charge in [0.1, 0.15) is 11.4 Å². The lowest BCUT2D eigenvalue weighted by molar-refractivity contribution is 0.280. The van der Waals surface area contributed by atoms with Crippen LogP contribution >= 0.6 is 0 Å². The highest BCUT2D eigenvalue weighted by atomic mass is 16.5. The van der Waals surface area contributed by atoms with E-state index >= 15 is 0 Å². The lowest BCUT2D eigenvalue weighted by atomic mass is 10.2. The monoisotopic (exact) mass is 289 g/mol. The standard InChI is InChI=1S/C14H15N3O4/c1-20-13-6-9(8-18)2-5-12(13)21-10-3-4-11(16-7-10)14(15)17-19/h2-7,18-19H,8H2,1H3,(H2,15,17). The van der Waals surface area contributed by atoms with Crippen molar-refractivity contribution in [2.75, 3.05) is 7.11 Å². The van der Waals surface area contributed by atoms with Crippen molar-refractivity contribution in [3.8, 4) is 17.2 Å². The number of ether oxygens (including phenoxy) is 2. The third kappa shape index (κ3) is 3.40. The van der Waals surface area contributed by atoms with E-state index in [0.717, 1.165) is 5.56 Å². The van der Waals surface area contributed by atoms with Gasteiger partial charge >= 0.3 is 0 Å². The summed E-state index contributed by atoms with van der Waals surface area (Å²) < 4.78 is 10.9. The minimum atomic E-state index is -0.0774. The highest BCUT2D eigenvalue weighted by Gasteiger charge is 2.08. The van der Waals surface area contributed by atoms with E-state index in [1.54, 1.807) is 30.3 Å². The molecule has 0 aliphatic rings. The predicted molar refractivity (Wildman–Crippen MR) is 75.7 cm³/mol. The van der Waals surface area contributed by atoms with E-state index in [-0.39, 0.29) is 12.4 Å². The summed E-state index contributed by atoms with van der Waals surface area (Å²) in [5.41, 5.74) is 6.49. The molecule has 0 atom stereocenters. The third-order valence-electron chi connectivity index (χ3n) is 2.74. The van der Waals surface area contributed by atoms with Crippen LogP contribution in [0.3, 0.4) is 0 Å². The van der Waals surface area contributed by atoms with Gasteiger partial charge in [-0.25, -0.2) is 4.98 Å². The molecule has 1 heterocycles. The lowest BCUT2D eigenvalue weighted by Gasteiger charge is -2.11. The number of rotatable bonds is 5. The number of aromatic nitrogens is 1. The molecule has 7 heteroatoms. The molecule has 0 saturated heterocycles. The summed E-state index contributed by atoms with van der Waals surface area (Å²) in [6, 6.07) is 8.32. The lowest BCUT2D eigenvalue weighted by Crippen LogP contribution is -2.14. The molecule has 0 bridgehead atoms. The molecule has 0 amide bonds. The van der Waals surface area contributed by atoms with Crippen LogP contribution in [0.4, 0.5) is 0 Å². The Morgan fingerprint density at radius 1 is 1.29 bits per heavy atom. The number of amidine groups is 1. The van der Waals surface area contributed by atoms with E-state index in [0.29, 0.717) is 22.9 Å². The van der Waals surface area contributed by atoms with Crippen molar-refractivity contribution in [2.45, 2.75) is 6.61 Å². The van der Waals surface area contributed by atoms with E-state index in [9.17, 15) is 0 Å². The van der Waals surface area contributed by atoms with E-state index in [4.69, 9.17) is 25.5 Å². The minimum Gasteiger partial charge on any atom is -0.493 e. The summed E-state index contributed by atoms with van der Waals surface area (Å²) >= 11 is 0. The van der Waals surface area contributed by atoms with Gasteiger partial charge < -0.3 is 25.5 Å². The van der Waals surface area contributed by atoms with Crippen molar-refractivity contribution in [1.29, 1.82) is 0 Å². The number of nitrogens with two attached hydrogens (primary N) is 1. The maximum atomic E-state index is 9.09. The molecule has 0 spiro atoms. The van der Waals surface area contributed by atoms with Gasteiger partial charge in [0.15, 0.2) is 17.3 Å². The van der Waals surface area contributed by atoms with Crippen LogP contribution in [0.2, 0.25) is 0 Å². The van der Waals surface area contributed by atoms with Crippen molar-refractivity contribution in [3.05, 3.63) is 47.8 Å². The van der Waals surface area contributed by atoms with E-state index < -0.39 is 0 Å². The molecule has 0 aliphatic heterocycles. The molecule has 0 radical (unpaired) electrons. The highest BCUT2D eigenvalue weighted by Crippen LogP contribution is 2.32. The Kier molecular flexibility index (Phi) is 4.57. The Balaban J connectivity index is 2.22. The fourth-order valence-electron chi connectivity index (χ4n) is 1.67. The van der Waals surface area contributed by atoms with Gasteiger partial charge in [0.05, 0.1) is 19.9 Å². The van der Waals surface area contributed by atoms with Gasteiger partial charge in [0, 0.05) is 0 Å². The fourth-order valence-corrected chi connectivity index (χ4v) is 1.67. The van der Waals surface area contributed by atoms with E-state index in [1.165, 1.54) is 13.3 Å². The number of aliphatic hydroxyl groups excluding tert-OH is 1. The van der Waals surface area contributed by atoms with Gasteiger partial charge in [-0.3, -0.25) is 0 Å². The summed E-state index contributed by atoms with van der Waals surface area (Å²) in [5.74, 6) is 1.39. The van der Waals surface area contributed by atoms with Gasteiger partial charge in [-0.2, -0.15) is 0 Å². The van der Waals surface area contributed by atoms with Gasteiger partial charge in [0.25, 0.3) is 0 Å². The van der Waals surface area contributed by atoms with Crippen molar-refractivity contribution in [3.63, 3.8) is 0 Å². The Labute approximate surface area is 121 Å². The zero-order valence-electron chi connectivity index (χ0n) is 11.4. The third-order valence-corrected chi connectivity index (χ3v) is 2.74. The number of hydrogen-bond acceptors (Lipinski definition) is 6. The Morgan fingerprint density at radius 3 is 2.67 bits per heavy atom. The molecule has 110 valence electrons. The number of nitrogens with zero attached hydrogens (tertiary/aromatic N) is 2. The maximum absolute atomic E-state index is 9.09. The Morgan fingerprint density at radius 2 is 2.10 bits per heavy atom. The van der Waals surface area contributed by atoms with Gasteiger partial charge in [0.2, 0.25) is 0 Å². The molecular weight excluding hydrogens is 274 g/mol. The van der Waals surface area contributed by atoms with Gasteiger partial charge in [-0.15, -0.1) is 0 Å². The molecule has 4 N–H and O–H groups in total. The van der Waals surface area contributed by atoms with Crippen LogP contribution < -0.4 is 15.2 Å². The van der Waals surface area contributed by atoms with Crippen molar-refractivity contribution in [1.82, 2.24) is 4.98 Å². The molecule has 2 aromatic rings. The number of methoxy groups -OCH3 is 1. The first kappa shape index (κ1) is 14.6. The molecular formula is C14H15N3O4. The number of hydrogen-bond donors (Lipinski definition) is 3. The SMILES string of the molecule is COc1cc(CO)ccc1Oc1ccc(/C(N)=N/O)nc1. The predicted octanol–water partition coefficient (Wildman–Crippen LogP) is 1.47. The normalized spacial score (nSPS) is 11.2. The zero-order valence-corrected chi connectivity index (χ0v) is 11.4. The van der Waals surface area contributed by atoms with E-state index in [1.807, 2.05) is 0 Å². The van der Waals surface area contributed by atoms with Crippen LogP contribution in [0.1, 0.15) is 11.3 Å². The largest absolute Gasteiger partial charge is 0.493 e.